The van der Waals surface area contributed by atoms with Crippen molar-refractivity contribution in [2.75, 3.05) is 40.6 Å². The van der Waals surface area contributed by atoms with Crippen molar-refractivity contribution in [2.45, 2.75) is 45.4 Å². The lowest BCUT2D eigenvalue weighted by Crippen LogP contribution is -2.50. The average molecular weight is 580 g/mol. The Balaban J connectivity index is 1.47. The first-order valence-corrected chi connectivity index (χ1v) is 14.0. The molecule has 224 valence electrons. The van der Waals surface area contributed by atoms with E-state index in [4.69, 9.17) is 19.2 Å². The molecule has 0 spiro atoms. The van der Waals surface area contributed by atoms with Crippen LogP contribution in [-0.4, -0.2) is 83.3 Å². The Morgan fingerprint density at radius 1 is 1.19 bits per heavy atom. The normalized spacial score (nSPS) is 14.4. The van der Waals surface area contributed by atoms with Crippen molar-refractivity contribution in [1.82, 2.24) is 24.3 Å². The summed E-state index contributed by atoms with van der Waals surface area (Å²) in [5.41, 5.74) is 4.22. The molecule has 0 saturated carbocycles. The molecule has 1 aliphatic rings. The van der Waals surface area contributed by atoms with Crippen molar-refractivity contribution < 1.29 is 28.2 Å². The third-order valence-corrected chi connectivity index (χ3v) is 7.47. The lowest BCUT2D eigenvalue weighted by molar-refractivity contribution is 0.0466. The summed E-state index contributed by atoms with van der Waals surface area (Å²) in [7, 11) is 5.30. The number of aromatic nitrogens is 3. The second-order valence-electron chi connectivity index (χ2n) is 11.6. The number of ether oxygens (including phenoxy) is 3. The molecule has 11 heteroatoms. The number of benzene rings is 2. The fourth-order valence-electron chi connectivity index (χ4n) is 5.55. The molecule has 0 aliphatic carbocycles. The van der Waals surface area contributed by atoms with E-state index >= 15 is 0 Å². The summed E-state index contributed by atoms with van der Waals surface area (Å²) in [6, 6.07) is 11.0. The molecule has 2 amide bonds. The van der Waals surface area contributed by atoms with Crippen LogP contribution in [0, 0.1) is 0 Å². The van der Waals surface area contributed by atoms with Crippen LogP contribution in [0.5, 0.6) is 5.75 Å². The zero-order chi connectivity index (χ0) is 30.2. The number of amides is 2. The van der Waals surface area contributed by atoms with Gasteiger partial charge in [0.25, 0.3) is 5.91 Å². The number of nitrogens with one attached hydrogen (secondary N) is 1. The molecule has 0 radical (unpaired) electrons. The average Bonchev–Trinajstić information content (AvgIpc) is 3.47. The third-order valence-electron chi connectivity index (χ3n) is 7.47. The molecule has 4 aromatic rings. The van der Waals surface area contributed by atoms with Crippen molar-refractivity contribution in [3.05, 3.63) is 47.5 Å². The van der Waals surface area contributed by atoms with Crippen LogP contribution in [0.4, 0.5) is 9.18 Å². The predicted octanol–water partition coefficient (Wildman–Crippen LogP) is 4.71. The van der Waals surface area contributed by atoms with Crippen LogP contribution < -0.4 is 10.1 Å². The Kier molecular flexibility index (Phi) is 8.14. The number of aryl methyl sites for hydroxylation is 1. The fourth-order valence-corrected chi connectivity index (χ4v) is 5.55. The number of para-hydroxylation sites is 1. The van der Waals surface area contributed by atoms with Gasteiger partial charge in [-0.15, -0.1) is 0 Å². The number of hydrogen-bond donors (Lipinski definition) is 1. The molecule has 1 N–H and O–H groups in total. The van der Waals surface area contributed by atoms with Crippen LogP contribution in [0.1, 0.15) is 36.7 Å². The first-order chi connectivity index (χ1) is 20.0. The Hall–Kier alpha value is -4.12. The highest BCUT2D eigenvalue weighted by molar-refractivity contribution is 6.01. The van der Waals surface area contributed by atoms with Gasteiger partial charge in [-0.3, -0.25) is 4.79 Å². The molecule has 2 aromatic heterocycles. The van der Waals surface area contributed by atoms with Gasteiger partial charge >= 0.3 is 6.09 Å². The van der Waals surface area contributed by atoms with Crippen LogP contribution in [0.15, 0.2) is 36.4 Å². The number of methoxy groups -OCH3 is 2. The number of hydrogen-bond acceptors (Lipinski definition) is 6. The van der Waals surface area contributed by atoms with E-state index in [1.54, 1.807) is 39.9 Å². The van der Waals surface area contributed by atoms with Gasteiger partial charge in [0.2, 0.25) is 0 Å². The van der Waals surface area contributed by atoms with E-state index in [-0.39, 0.29) is 12.5 Å². The second-order valence-corrected chi connectivity index (χ2v) is 11.6. The summed E-state index contributed by atoms with van der Waals surface area (Å²) in [6.45, 7) is 5.98. The van der Waals surface area contributed by atoms with Gasteiger partial charge in [0.05, 0.1) is 42.0 Å². The van der Waals surface area contributed by atoms with Crippen LogP contribution in [0.25, 0.3) is 33.5 Å². The maximum absolute atomic E-state index is 13.8. The Morgan fingerprint density at radius 3 is 2.67 bits per heavy atom. The molecular formula is C31H38FN5O5. The standard InChI is InChI=1S/C31H38FN5O5/c1-31(2,3)42-30(39)33-21(17-32)18-36-11-10-19-14-24-23(16-22(19)29(36)38)34-28(35(24)4)25-15-20-8-7-9-26(41-6)27(20)37(25)12-13-40-5/h7-9,14-16,21H,10-13,17-18H2,1-6H3,(H,33,39)/t21-/m1/s1. The fraction of sp³-hybridized carbons (Fsp3) is 0.452. The maximum atomic E-state index is 13.8. The minimum atomic E-state index is -0.874. The van der Waals surface area contributed by atoms with E-state index in [0.29, 0.717) is 37.2 Å². The van der Waals surface area contributed by atoms with Crippen molar-refractivity contribution in [1.29, 1.82) is 0 Å². The van der Waals surface area contributed by atoms with Gasteiger partial charge in [-0.05, 0) is 57.0 Å². The first-order valence-electron chi connectivity index (χ1n) is 14.0. The van der Waals surface area contributed by atoms with Crippen molar-refractivity contribution in [3.8, 4) is 17.3 Å². The molecule has 10 nitrogen and oxygen atoms in total. The lowest BCUT2D eigenvalue weighted by atomic mass is 9.97. The predicted molar refractivity (Wildman–Crippen MR) is 159 cm³/mol. The third kappa shape index (κ3) is 5.65. The van der Waals surface area contributed by atoms with Gasteiger partial charge in [-0.1, -0.05) is 12.1 Å². The summed E-state index contributed by atoms with van der Waals surface area (Å²) in [5.74, 6) is 1.31. The summed E-state index contributed by atoms with van der Waals surface area (Å²) in [6.07, 6.45) is -0.105. The first kappa shape index (κ1) is 29.4. The monoisotopic (exact) mass is 579 g/mol. The lowest BCUT2D eigenvalue weighted by Gasteiger charge is -2.31. The molecule has 1 aliphatic heterocycles. The number of imidazole rings is 1. The number of halogens is 1. The van der Waals surface area contributed by atoms with Crippen molar-refractivity contribution >= 4 is 33.9 Å². The molecule has 1 atom stereocenters. The van der Waals surface area contributed by atoms with Crippen LogP contribution in [0.2, 0.25) is 0 Å². The summed E-state index contributed by atoms with van der Waals surface area (Å²) in [4.78, 5) is 32.3. The van der Waals surface area contributed by atoms with E-state index in [2.05, 4.69) is 16.0 Å². The number of nitrogens with zero attached hydrogens (tertiary/aromatic N) is 4. The second kappa shape index (κ2) is 11.6. The van der Waals surface area contributed by atoms with Gasteiger partial charge in [-0.25, -0.2) is 14.2 Å². The van der Waals surface area contributed by atoms with E-state index < -0.39 is 24.4 Å². The molecule has 0 fully saturated rings. The molecule has 0 unspecified atom stereocenters. The van der Waals surface area contributed by atoms with Gasteiger partial charge < -0.3 is 33.6 Å². The Labute approximate surface area is 244 Å². The molecule has 5 rings (SSSR count). The van der Waals surface area contributed by atoms with Gasteiger partial charge in [-0.2, -0.15) is 0 Å². The minimum absolute atomic E-state index is 0.0426. The minimum Gasteiger partial charge on any atom is -0.495 e. The highest BCUT2D eigenvalue weighted by Gasteiger charge is 2.30. The van der Waals surface area contributed by atoms with Gasteiger partial charge in [0.15, 0.2) is 5.82 Å². The zero-order valence-electron chi connectivity index (χ0n) is 25.0. The van der Waals surface area contributed by atoms with E-state index in [0.717, 1.165) is 39.3 Å². The molecule has 0 saturated heterocycles. The molecule has 2 aromatic carbocycles. The smallest absolute Gasteiger partial charge is 0.408 e. The SMILES string of the molecule is COCCn1c(-c2nc3cc4c(cc3n2C)CCN(C[C@@H](CF)NC(=O)OC(C)(C)C)C4=O)cc2cccc(OC)c21. The van der Waals surface area contributed by atoms with Crippen molar-refractivity contribution in [3.63, 3.8) is 0 Å². The highest BCUT2D eigenvalue weighted by Crippen LogP contribution is 2.35. The summed E-state index contributed by atoms with van der Waals surface area (Å²) >= 11 is 0. The Bertz CT molecular complexity index is 1640. The summed E-state index contributed by atoms with van der Waals surface area (Å²) < 4.78 is 34.4. The molecule has 0 bridgehead atoms. The quantitative estimate of drug-likeness (QED) is 0.308. The number of carbonyl (C=O) groups is 2. The van der Waals surface area contributed by atoms with Crippen LogP contribution in [-0.2, 0) is 29.5 Å². The molecule has 42 heavy (non-hydrogen) atoms. The van der Waals surface area contributed by atoms with E-state index in [1.165, 1.54) is 0 Å². The zero-order valence-corrected chi connectivity index (χ0v) is 25.0. The van der Waals surface area contributed by atoms with E-state index in [1.807, 2.05) is 41.9 Å². The largest absolute Gasteiger partial charge is 0.495 e. The summed E-state index contributed by atoms with van der Waals surface area (Å²) in [5, 5.41) is 3.57. The van der Waals surface area contributed by atoms with Crippen molar-refractivity contribution in [2.24, 2.45) is 7.05 Å². The number of rotatable bonds is 9. The number of carbonyl (C=O) groups excluding carboxylic acids is 2. The van der Waals surface area contributed by atoms with Gasteiger partial charge in [0.1, 0.15) is 18.0 Å². The van der Waals surface area contributed by atoms with Crippen LogP contribution >= 0.6 is 0 Å². The molecular weight excluding hydrogens is 541 g/mol. The topological polar surface area (TPSA) is 99.9 Å². The van der Waals surface area contributed by atoms with Crippen LogP contribution in [0.3, 0.4) is 0 Å². The molecule has 3 heterocycles. The number of alkyl carbamates (subject to hydrolysis) is 1. The number of fused-ring (bicyclic) bond motifs is 3. The maximum Gasteiger partial charge on any atom is 0.408 e. The van der Waals surface area contributed by atoms with E-state index in [9.17, 15) is 14.0 Å². The van der Waals surface area contributed by atoms with Gasteiger partial charge in [0, 0.05) is 44.7 Å². The highest BCUT2D eigenvalue weighted by atomic mass is 19.1. The Morgan fingerprint density at radius 2 is 1.98 bits per heavy atom. The number of alkyl halides is 1.